The number of rotatable bonds is 3. The molecule has 0 bridgehead atoms. The fourth-order valence-electron chi connectivity index (χ4n) is 1.27. The summed E-state index contributed by atoms with van der Waals surface area (Å²) < 4.78 is 5.61. The van der Waals surface area contributed by atoms with E-state index < -0.39 is 0 Å². The Morgan fingerprint density at radius 3 is 3.17 bits per heavy atom. The maximum Gasteiger partial charge on any atom is 0.115 e. The van der Waals surface area contributed by atoms with Crippen LogP contribution in [0.15, 0.2) is 24.0 Å². The quantitative estimate of drug-likeness (QED) is 0.624. The third kappa shape index (κ3) is 3.12. The van der Waals surface area contributed by atoms with Crippen molar-refractivity contribution in [3.8, 4) is 0 Å². The summed E-state index contributed by atoms with van der Waals surface area (Å²) in [6.07, 6.45) is 11.5. The van der Waals surface area contributed by atoms with Crippen molar-refractivity contribution in [2.75, 3.05) is 0 Å². The predicted octanol–water partition coefficient (Wildman–Crippen LogP) is 3.43. The highest BCUT2D eigenvalue weighted by atomic mass is 16.5. The first kappa shape index (κ1) is 9.37. The van der Waals surface area contributed by atoms with Crippen LogP contribution in [0.4, 0.5) is 0 Å². The summed E-state index contributed by atoms with van der Waals surface area (Å²) in [5.41, 5.74) is 0. The molecular formula is C11H18O. The summed E-state index contributed by atoms with van der Waals surface area (Å²) in [7, 11) is 0. The van der Waals surface area contributed by atoms with Crippen LogP contribution in [0, 0.1) is 0 Å². The van der Waals surface area contributed by atoms with Crippen LogP contribution in [-0.2, 0) is 4.74 Å². The normalized spacial score (nSPS) is 23.8. The Balaban J connectivity index is 2.36. The molecule has 0 aromatic rings. The molecule has 1 nitrogen and oxygen atoms in total. The minimum atomic E-state index is 0.399. The molecule has 0 fully saturated rings. The van der Waals surface area contributed by atoms with Crippen molar-refractivity contribution >= 4 is 0 Å². The highest BCUT2D eigenvalue weighted by molar-refractivity contribution is 5.13. The largest absolute Gasteiger partial charge is 0.491 e. The average molecular weight is 166 g/mol. The van der Waals surface area contributed by atoms with Gasteiger partial charge in [-0.3, -0.25) is 0 Å². The fraction of sp³-hybridized carbons (Fsp3) is 0.636. The zero-order valence-electron chi connectivity index (χ0n) is 8.05. The first-order valence-electron chi connectivity index (χ1n) is 4.86. The van der Waals surface area contributed by atoms with E-state index in [4.69, 9.17) is 4.74 Å². The zero-order chi connectivity index (χ0) is 8.81. The van der Waals surface area contributed by atoms with Gasteiger partial charge >= 0.3 is 0 Å². The number of hydrogen-bond donors (Lipinski definition) is 0. The molecule has 0 saturated heterocycles. The molecule has 1 aliphatic rings. The van der Waals surface area contributed by atoms with Gasteiger partial charge in [0.2, 0.25) is 0 Å². The molecule has 0 aromatic heterocycles. The Hall–Kier alpha value is -0.720. The van der Waals surface area contributed by atoms with E-state index >= 15 is 0 Å². The van der Waals surface area contributed by atoms with Crippen molar-refractivity contribution < 1.29 is 4.74 Å². The first-order valence-corrected chi connectivity index (χ1v) is 4.86. The van der Waals surface area contributed by atoms with Gasteiger partial charge in [0.25, 0.3) is 0 Å². The van der Waals surface area contributed by atoms with E-state index in [-0.39, 0.29) is 0 Å². The lowest BCUT2D eigenvalue weighted by Crippen LogP contribution is -2.10. The van der Waals surface area contributed by atoms with Crippen molar-refractivity contribution in [2.45, 2.75) is 45.6 Å². The number of unbranched alkanes of at least 4 members (excludes halogenated alkanes) is 1. The molecular weight excluding hydrogens is 148 g/mol. The second kappa shape index (κ2) is 5.02. The molecule has 1 heteroatoms. The smallest absolute Gasteiger partial charge is 0.115 e. The van der Waals surface area contributed by atoms with Crippen molar-refractivity contribution in [1.82, 2.24) is 0 Å². The van der Waals surface area contributed by atoms with Crippen LogP contribution in [0.3, 0.4) is 0 Å². The topological polar surface area (TPSA) is 9.23 Å². The lowest BCUT2D eigenvalue weighted by molar-refractivity contribution is 0.120. The highest BCUT2D eigenvalue weighted by Gasteiger charge is 2.08. The molecule has 0 N–H and O–H groups in total. The predicted molar refractivity (Wildman–Crippen MR) is 51.9 cm³/mol. The van der Waals surface area contributed by atoms with E-state index in [0.717, 1.165) is 25.0 Å². The molecule has 68 valence electrons. The summed E-state index contributed by atoms with van der Waals surface area (Å²) in [6, 6.07) is 0. The Morgan fingerprint density at radius 1 is 1.67 bits per heavy atom. The van der Waals surface area contributed by atoms with Crippen LogP contribution in [0.2, 0.25) is 0 Å². The first-order chi connectivity index (χ1) is 5.83. The standard InChI is InChI=1S/C11H18O/c1-3-4-5-8-11-9-6-7-10(2)12-11/h5,8-10H,3-4,6-7H2,1-2H3/b8-5+. The third-order valence-electron chi connectivity index (χ3n) is 1.99. The molecule has 0 saturated carbocycles. The van der Waals surface area contributed by atoms with Gasteiger partial charge in [0, 0.05) is 0 Å². The molecule has 1 rings (SSSR count). The van der Waals surface area contributed by atoms with Gasteiger partial charge < -0.3 is 4.74 Å². The summed E-state index contributed by atoms with van der Waals surface area (Å²) in [5.74, 6) is 1.06. The van der Waals surface area contributed by atoms with E-state index in [2.05, 4.69) is 32.1 Å². The van der Waals surface area contributed by atoms with Gasteiger partial charge in [-0.15, -0.1) is 0 Å². The zero-order valence-corrected chi connectivity index (χ0v) is 8.05. The van der Waals surface area contributed by atoms with Gasteiger partial charge in [0.05, 0.1) is 6.10 Å². The number of ether oxygens (including phenoxy) is 1. The fourth-order valence-corrected chi connectivity index (χ4v) is 1.27. The van der Waals surface area contributed by atoms with E-state index in [9.17, 15) is 0 Å². The summed E-state index contributed by atoms with van der Waals surface area (Å²) in [6.45, 7) is 4.31. The van der Waals surface area contributed by atoms with Crippen LogP contribution in [0.5, 0.6) is 0 Å². The molecule has 1 heterocycles. The second-order valence-electron chi connectivity index (χ2n) is 3.30. The molecule has 1 atom stereocenters. The molecule has 0 aliphatic carbocycles. The molecule has 12 heavy (non-hydrogen) atoms. The van der Waals surface area contributed by atoms with Gasteiger partial charge in [-0.2, -0.15) is 0 Å². The number of allylic oxidation sites excluding steroid dienone is 3. The molecule has 0 aromatic carbocycles. The van der Waals surface area contributed by atoms with Crippen molar-refractivity contribution in [1.29, 1.82) is 0 Å². The maximum absolute atomic E-state index is 5.61. The average Bonchev–Trinajstić information content (AvgIpc) is 2.05. The van der Waals surface area contributed by atoms with E-state index in [1.54, 1.807) is 0 Å². The van der Waals surface area contributed by atoms with Crippen molar-refractivity contribution in [2.24, 2.45) is 0 Å². The Labute approximate surface area is 75.1 Å². The Morgan fingerprint density at radius 2 is 2.50 bits per heavy atom. The molecule has 1 unspecified atom stereocenters. The van der Waals surface area contributed by atoms with Gasteiger partial charge in [0.15, 0.2) is 0 Å². The van der Waals surface area contributed by atoms with E-state index in [0.29, 0.717) is 6.10 Å². The van der Waals surface area contributed by atoms with Gasteiger partial charge in [0.1, 0.15) is 5.76 Å². The maximum atomic E-state index is 5.61. The molecule has 1 aliphatic heterocycles. The minimum absolute atomic E-state index is 0.399. The van der Waals surface area contributed by atoms with Crippen LogP contribution < -0.4 is 0 Å². The Kier molecular flexibility index (Phi) is 3.92. The summed E-state index contributed by atoms with van der Waals surface area (Å²) in [4.78, 5) is 0. The second-order valence-corrected chi connectivity index (χ2v) is 3.30. The summed E-state index contributed by atoms with van der Waals surface area (Å²) >= 11 is 0. The minimum Gasteiger partial charge on any atom is -0.491 e. The van der Waals surface area contributed by atoms with Gasteiger partial charge in [-0.25, -0.2) is 0 Å². The number of hydrogen-bond acceptors (Lipinski definition) is 1. The van der Waals surface area contributed by atoms with Gasteiger partial charge in [-0.1, -0.05) is 19.4 Å². The lowest BCUT2D eigenvalue weighted by Gasteiger charge is -2.19. The van der Waals surface area contributed by atoms with E-state index in [1.165, 1.54) is 6.42 Å². The van der Waals surface area contributed by atoms with Gasteiger partial charge in [-0.05, 0) is 38.3 Å². The highest BCUT2D eigenvalue weighted by Crippen LogP contribution is 2.17. The Bertz CT molecular complexity index is 179. The lowest BCUT2D eigenvalue weighted by atomic mass is 10.1. The molecule has 0 spiro atoms. The van der Waals surface area contributed by atoms with Crippen LogP contribution >= 0.6 is 0 Å². The van der Waals surface area contributed by atoms with Crippen LogP contribution in [-0.4, -0.2) is 6.10 Å². The van der Waals surface area contributed by atoms with E-state index in [1.807, 2.05) is 0 Å². The molecule has 0 amide bonds. The SMILES string of the molecule is CCC/C=C/C1=CCCC(C)O1. The van der Waals surface area contributed by atoms with Crippen molar-refractivity contribution in [3.63, 3.8) is 0 Å². The summed E-state index contributed by atoms with van der Waals surface area (Å²) in [5, 5.41) is 0. The third-order valence-corrected chi connectivity index (χ3v) is 1.99. The monoisotopic (exact) mass is 166 g/mol. The van der Waals surface area contributed by atoms with Crippen molar-refractivity contribution in [3.05, 3.63) is 24.0 Å². The van der Waals surface area contributed by atoms with Crippen LogP contribution in [0.25, 0.3) is 0 Å². The van der Waals surface area contributed by atoms with Crippen LogP contribution in [0.1, 0.15) is 39.5 Å². The molecule has 0 radical (unpaired) electrons.